The molecule has 0 aliphatic rings. The maximum Gasteiger partial charge on any atom is 0.112 e. The average molecular weight is 202 g/mol. The number of nitrogens with one attached hydrogen (secondary N) is 1. The number of aromatic nitrogens is 1. The Hall–Kier alpha value is -1.33. The van der Waals surface area contributed by atoms with Crippen molar-refractivity contribution in [2.75, 3.05) is 6.54 Å². The molecule has 0 aliphatic carbocycles. The van der Waals surface area contributed by atoms with Crippen molar-refractivity contribution >= 4 is 0 Å². The molecule has 1 aromatic rings. The number of terminal acetylenes is 1. The molecule has 0 bridgehead atoms. The van der Waals surface area contributed by atoms with Crippen molar-refractivity contribution in [1.82, 2.24) is 10.3 Å². The van der Waals surface area contributed by atoms with E-state index in [-0.39, 0.29) is 6.04 Å². The zero-order valence-electron chi connectivity index (χ0n) is 9.46. The molecule has 1 atom stereocenters. The minimum atomic E-state index is -0.0545. The van der Waals surface area contributed by atoms with Gasteiger partial charge < -0.3 is 0 Å². The Morgan fingerprint density at radius 3 is 2.93 bits per heavy atom. The van der Waals surface area contributed by atoms with Gasteiger partial charge in [-0.2, -0.15) is 0 Å². The standard InChI is InChI=1S/C13H18N2/c1-4-9-14-12(6-3)13-11(5-2)8-7-10-15-13/h3,7-8,10,12,14H,4-5,9H2,1-2H3. The molecule has 2 heteroatoms. The smallest absolute Gasteiger partial charge is 0.112 e. The lowest BCUT2D eigenvalue weighted by atomic mass is 10.1. The fraction of sp³-hybridized carbons (Fsp3) is 0.462. The lowest BCUT2D eigenvalue weighted by Crippen LogP contribution is -2.22. The van der Waals surface area contributed by atoms with E-state index < -0.39 is 0 Å². The number of aryl methyl sites for hydroxylation is 1. The van der Waals surface area contributed by atoms with E-state index in [0.717, 1.165) is 25.1 Å². The minimum Gasteiger partial charge on any atom is -0.299 e. The van der Waals surface area contributed by atoms with Crippen LogP contribution in [0.2, 0.25) is 0 Å². The number of nitrogens with zero attached hydrogens (tertiary/aromatic N) is 1. The molecule has 1 N–H and O–H groups in total. The Balaban J connectivity index is 2.86. The number of rotatable bonds is 5. The molecule has 1 rings (SSSR count). The topological polar surface area (TPSA) is 24.9 Å². The summed E-state index contributed by atoms with van der Waals surface area (Å²) in [6.07, 6.45) is 9.36. The second-order valence-corrected chi connectivity index (χ2v) is 3.46. The molecule has 0 aromatic carbocycles. The molecule has 0 aliphatic heterocycles. The Kier molecular flexibility index (Phi) is 4.86. The molecular weight excluding hydrogens is 184 g/mol. The first-order valence-corrected chi connectivity index (χ1v) is 5.46. The zero-order valence-corrected chi connectivity index (χ0v) is 9.46. The van der Waals surface area contributed by atoms with Crippen LogP contribution in [0.5, 0.6) is 0 Å². The van der Waals surface area contributed by atoms with Crippen LogP contribution < -0.4 is 5.32 Å². The van der Waals surface area contributed by atoms with E-state index in [2.05, 4.69) is 36.1 Å². The summed E-state index contributed by atoms with van der Waals surface area (Å²) in [7, 11) is 0. The van der Waals surface area contributed by atoms with Crippen molar-refractivity contribution < 1.29 is 0 Å². The molecule has 0 saturated carbocycles. The third-order valence-electron chi connectivity index (χ3n) is 2.35. The van der Waals surface area contributed by atoms with Crippen molar-refractivity contribution in [1.29, 1.82) is 0 Å². The molecule has 80 valence electrons. The highest BCUT2D eigenvalue weighted by molar-refractivity contribution is 5.27. The maximum atomic E-state index is 5.52. The summed E-state index contributed by atoms with van der Waals surface area (Å²) in [5.74, 6) is 2.75. The number of pyridine rings is 1. The summed E-state index contributed by atoms with van der Waals surface area (Å²) >= 11 is 0. The van der Waals surface area contributed by atoms with Crippen LogP contribution in [0.4, 0.5) is 0 Å². The van der Waals surface area contributed by atoms with Crippen LogP contribution in [0.15, 0.2) is 18.3 Å². The molecule has 0 amide bonds. The summed E-state index contributed by atoms with van der Waals surface area (Å²) in [6.45, 7) is 5.17. The highest BCUT2D eigenvalue weighted by atomic mass is 14.9. The van der Waals surface area contributed by atoms with Crippen molar-refractivity contribution in [3.05, 3.63) is 29.6 Å². The van der Waals surface area contributed by atoms with Gasteiger partial charge in [-0.05, 0) is 31.0 Å². The quantitative estimate of drug-likeness (QED) is 0.741. The van der Waals surface area contributed by atoms with Gasteiger partial charge in [-0.1, -0.05) is 25.8 Å². The van der Waals surface area contributed by atoms with E-state index in [1.54, 1.807) is 6.20 Å². The lowest BCUT2D eigenvalue weighted by molar-refractivity contribution is 0.609. The van der Waals surface area contributed by atoms with E-state index in [1.165, 1.54) is 5.56 Å². The number of hydrogen-bond donors (Lipinski definition) is 1. The van der Waals surface area contributed by atoms with E-state index in [1.807, 2.05) is 6.07 Å². The molecule has 0 spiro atoms. The van der Waals surface area contributed by atoms with Crippen LogP contribution in [0.3, 0.4) is 0 Å². The van der Waals surface area contributed by atoms with Gasteiger partial charge in [0, 0.05) is 6.20 Å². The molecule has 15 heavy (non-hydrogen) atoms. The Labute approximate surface area is 92.1 Å². The Morgan fingerprint density at radius 2 is 2.33 bits per heavy atom. The van der Waals surface area contributed by atoms with E-state index >= 15 is 0 Å². The molecule has 0 radical (unpaired) electrons. The van der Waals surface area contributed by atoms with Crippen molar-refractivity contribution in [2.45, 2.75) is 32.7 Å². The Morgan fingerprint density at radius 1 is 1.53 bits per heavy atom. The predicted molar refractivity (Wildman–Crippen MR) is 63.5 cm³/mol. The predicted octanol–water partition coefficient (Wildman–Crippen LogP) is 2.32. The van der Waals surface area contributed by atoms with Crippen LogP contribution in [0, 0.1) is 12.3 Å². The van der Waals surface area contributed by atoms with Gasteiger partial charge in [0.25, 0.3) is 0 Å². The zero-order chi connectivity index (χ0) is 11.1. The van der Waals surface area contributed by atoms with Gasteiger partial charge in [0.2, 0.25) is 0 Å². The average Bonchev–Trinajstić information content (AvgIpc) is 2.30. The monoisotopic (exact) mass is 202 g/mol. The highest BCUT2D eigenvalue weighted by Crippen LogP contribution is 2.15. The van der Waals surface area contributed by atoms with Crippen LogP contribution in [-0.4, -0.2) is 11.5 Å². The summed E-state index contributed by atoms with van der Waals surface area (Å²) in [5, 5.41) is 3.31. The SMILES string of the molecule is C#CC(NCCC)c1ncccc1CC. The normalized spacial score (nSPS) is 12.1. The van der Waals surface area contributed by atoms with Crippen molar-refractivity contribution in [2.24, 2.45) is 0 Å². The van der Waals surface area contributed by atoms with Crippen LogP contribution >= 0.6 is 0 Å². The second kappa shape index (κ2) is 6.21. The third-order valence-corrected chi connectivity index (χ3v) is 2.35. The van der Waals surface area contributed by atoms with Crippen LogP contribution in [0.25, 0.3) is 0 Å². The maximum absolute atomic E-state index is 5.52. The van der Waals surface area contributed by atoms with Gasteiger partial charge in [0.1, 0.15) is 6.04 Å². The van der Waals surface area contributed by atoms with Crippen LogP contribution in [0.1, 0.15) is 37.6 Å². The molecule has 2 nitrogen and oxygen atoms in total. The van der Waals surface area contributed by atoms with E-state index in [9.17, 15) is 0 Å². The second-order valence-electron chi connectivity index (χ2n) is 3.46. The summed E-state index contributed by atoms with van der Waals surface area (Å²) in [4.78, 5) is 4.37. The van der Waals surface area contributed by atoms with E-state index in [4.69, 9.17) is 6.42 Å². The first-order chi connectivity index (χ1) is 7.33. The summed E-state index contributed by atoms with van der Waals surface area (Å²) < 4.78 is 0. The molecule has 1 unspecified atom stereocenters. The minimum absolute atomic E-state index is 0.0545. The fourth-order valence-corrected chi connectivity index (χ4v) is 1.53. The first kappa shape index (κ1) is 11.7. The van der Waals surface area contributed by atoms with E-state index in [0.29, 0.717) is 0 Å². The van der Waals surface area contributed by atoms with Gasteiger partial charge in [-0.15, -0.1) is 6.42 Å². The first-order valence-electron chi connectivity index (χ1n) is 5.46. The molecule has 1 aromatic heterocycles. The van der Waals surface area contributed by atoms with Crippen LogP contribution in [-0.2, 0) is 6.42 Å². The molecule has 0 saturated heterocycles. The Bertz CT molecular complexity index is 339. The number of hydrogen-bond acceptors (Lipinski definition) is 2. The molecule has 0 fully saturated rings. The van der Waals surface area contributed by atoms with Gasteiger partial charge in [-0.25, -0.2) is 0 Å². The van der Waals surface area contributed by atoms with Gasteiger partial charge in [0.05, 0.1) is 5.69 Å². The lowest BCUT2D eigenvalue weighted by Gasteiger charge is -2.14. The largest absolute Gasteiger partial charge is 0.299 e. The van der Waals surface area contributed by atoms with Gasteiger partial charge in [0.15, 0.2) is 0 Å². The summed E-state index contributed by atoms with van der Waals surface area (Å²) in [5.41, 5.74) is 2.22. The van der Waals surface area contributed by atoms with Gasteiger partial charge in [-0.3, -0.25) is 10.3 Å². The third kappa shape index (κ3) is 3.07. The summed E-state index contributed by atoms with van der Waals surface area (Å²) in [6, 6.07) is 3.98. The van der Waals surface area contributed by atoms with Crippen molar-refractivity contribution in [3.63, 3.8) is 0 Å². The van der Waals surface area contributed by atoms with Gasteiger partial charge >= 0.3 is 0 Å². The molecular formula is C13H18N2. The fourth-order valence-electron chi connectivity index (χ4n) is 1.53. The molecule has 1 heterocycles. The highest BCUT2D eigenvalue weighted by Gasteiger charge is 2.11. The van der Waals surface area contributed by atoms with Crippen molar-refractivity contribution in [3.8, 4) is 12.3 Å².